The molecule has 0 spiro atoms. The molecule has 8 heteroatoms. The number of sulfonamides is 1. The number of hydrogen-bond acceptors (Lipinski definition) is 5. The summed E-state index contributed by atoms with van der Waals surface area (Å²) in [4.78, 5) is 11.2. The average molecular weight is 419 g/mol. The molecule has 3 rings (SSSR count). The van der Waals surface area contributed by atoms with Gasteiger partial charge >= 0.3 is 0 Å². The van der Waals surface area contributed by atoms with Crippen LogP contribution in [0.1, 0.15) is 37.7 Å². The highest BCUT2D eigenvalue weighted by molar-refractivity contribution is 7.89. The van der Waals surface area contributed by atoms with Crippen LogP contribution in [0, 0.1) is 0 Å². The van der Waals surface area contributed by atoms with Gasteiger partial charge in [0.15, 0.2) is 0 Å². The number of aromatic nitrogens is 2. The first kappa shape index (κ1) is 20.8. The van der Waals surface area contributed by atoms with Crippen LogP contribution in [0.5, 0.6) is 0 Å². The van der Waals surface area contributed by atoms with Crippen molar-refractivity contribution in [3.05, 3.63) is 54.6 Å². The highest BCUT2D eigenvalue weighted by Crippen LogP contribution is 2.41. The molecule has 2 aromatic rings. The molecule has 0 bridgehead atoms. The van der Waals surface area contributed by atoms with Crippen molar-refractivity contribution < 1.29 is 8.42 Å². The molecule has 1 aliphatic rings. The Bertz CT molecular complexity index is 883. The number of rotatable bonds is 7. The molecule has 0 aliphatic heterocycles. The third-order valence-electron chi connectivity index (χ3n) is 5.36. The van der Waals surface area contributed by atoms with Crippen LogP contribution >= 0.6 is 12.2 Å². The summed E-state index contributed by atoms with van der Waals surface area (Å²) in [5.74, 6) is 0. The molecule has 28 heavy (non-hydrogen) atoms. The van der Waals surface area contributed by atoms with Gasteiger partial charge in [0.2, 0.25) is 10.0 Å². The summed E-state index contributed by atoms with van der Waals surface area (Å²) in [5.41, 5.74) is 0.959. The van der Waals surface area contributed by atoms with Crippen LogP contribution in [0.2, 0.25) is 0 Å². The fourth-order valence-corrected chi connectivity index (χ4v) is 5.23. The second kappa shape index (κ2) is 9.07. The molecule has 0 saturated heterocycles. The summed E-state index contributed by atoms with van der Waals surface area (Å²) < 4.78 is 27.4. The standard InChI is InChI=1S/C20H26N4O2S2/c1-24(14-13-23-28(25,26)18-8-6-12-22-16-18)19(27)20(9-3-2-4-10-20)17-7-5-11-21-15-17/h5-8,11-12,15-16,23H,2-4,9-10,13-14H2,1H3. The van der Waals surface area contributed by atoms with Gasteiger partial charge in [-0.2, -0.15) is 0 Å². The Hall–Kier alpha value is -1.90. The van der Waals surface area contributed by atoms with Crippen molar-refractivity contribution >= 4 is 27.2 Å². The van der Waals surface area contributed by atoms with Gasteiger partial charge in [-0.25, -0.2) is 13.1 Å². The maximum atomic E-state index is 12.4. The molecule has 0 atom stereocenters. The van der Waals surface area contributed by atoms with Gasteiger partial charge in [0.25, 0.3) is 0 Å². The van der Waals surface area contributed by atoms with Crippen molar-refractivity contribution in [3.8, 4) is 0 Å². The predicted octanol–water partition coefficient (Wildman–Crippen LogP) is 2.92. The number of nitrogens with one attached hydrogen (secondary N) is 1. The van der Waals surface area contributed by atoms with Gasteiger partial charge in [-0.05, 0) is 36.6 Å². The minimum Gasteiger partial charge on any atom is -0.367 e. The van der Waals surface area contributed by atoms with E-state index in [0.717, 1.165) is 36.2 Å². The molecule has 1 saturated carbocycles. The zero-order chi connectivity index (χ0) is 20.0. The number of nitrogens with zero attached hydrogens (tertiary/aromatic N) is 3. The summed E-state index contributed by atoms with van der Waals surface area (Å²) in [5, 5.41) is 0. The van der Waals surface area contributed by atoms with E-state index < -0.39 is 10.0 Å². The van der Waals surface area contributed by atoms with Crippen LogP contribution in [0.15, 0.2) is 53.9 Å². The number of hydrogen-bond donors (Lipinski definition) is 1. The summed E-state index contributed by atoms with van der Waals surface area (Å²) in [6.45, 7) is 0.775. The summed E-state index contributed by atoms with van der Waals surface area (Å²) in [6.07, 6.45) is 12.1. The Kier molecular flexibility index (Phi) is 6.74. The molecular formula is C20H26N4O2S2. The van der Waals surface area contributed by atoms with Gasteiger partial charge in [-0.3, -0.25) is 9.97 Å². The van der Waals surface area contributed by atoms with E-state index >= 15 is 0 Å². The van der Waals surface area contributed by atoms with E-state index in [0.29, 0.717) is 6.54 Å². The van der Waals surface area contributed by atoms with E-state index in [2.05, 4.69) is 20.8 Å². The van der Waals surface area contributed by atoms with Crippen molar-refractivity contribution in [2.75, 3.05) is 20.1 Å². The number of thiocarbonyl (C=S) groups is 1. The summed E-state index contributed by atoms with van der Waals surface area (Å²) in [7, 11) is -1.63. The zero-order valence-electron chi connectivity index (χ0n) is 16.0. The Balaban J connectivity index is 1.67. The van der Waals surface area contributed by atoms with Gasteiger partial charge in [0, 0.05) is 50.3 Å². The lowest BCUT2D eigenvalue weighted by Gasteiger charge is -2.41. The van der Waals surface area contributed by atoms with Crippen molar-refractivity contribution in [1.82, 2.24) is 19.6 Å². The maximum Gasteiger partial charge on any atom is 0.242 e. The molecule has 0 amide bonds. The Morgan fingerprint density at radius 2 is 1.82 bits per heavy atom. The third kappa shape index (κ3) is 4.56. The normalized spacial score (nSPS) is 16.5. The van der Waals surface area contributed by atoms with E-state index in [4.69, 9.17) is 12.2 Å². The topological polar surface area (TPSA) is 75.2 Å². The summed E-state index contributed by atoms with van der Waals surface area (Å²) >= 11 is 5.90. The van der Waals surface area contributed by atoms with Crippen LogP contribution in [0.4, 0.5) is 0 Å². The molecule has 0 unspecified atom stereocenters. The molecule has 150 valence electrons. The Morgan fingerprint density at radius 1 is 1.14 bits per heavy atom. The van der Waals surface area contributed by atoms with Crippen molar-refractivity contribution in [1.29, 1.82) is 0 Å². The highest BCUT2D eigenvalue weighted by Gasteiger charge is 2.39. The van der Waals surface area contributed by atoms with Crippen molar-refractivity contribution in [3.63, 3.8) is 0 Å². The highest BCUT2D eigenvalue weighted by atomic mass is 32.2. The second-order valence-electron chi connectivity index (χ2n) is 7.20. The molecular weight excluding hydrogens is 392 g/mol. The van der Waals surface area contributed by atoms with E-state index in [1.165, 1.54) is 18.7 Å². The molecule has 2 aromatic heterocycles. The lowest BCUT2D eigenvalue weighted by atomic mass is 9.69. The predicted molar refractivity (Wildman–Crippen MR) is 114 cm³/mol. The molecule has 1 N–H and O–H groups in total. The number of likely N-dealkylation sites (N-methyl/N-ethyl adjacent to an activating group) is 1. The van der Waals surface area contributed by atoms with Crippen LogP contribution in [-0.4, -0.2) is 48.4 Å². The second-order valence-corrected chi connectivity index (χ2v) is 9.35. The van der Waals surface area contributed by atoms with Gasteiger partial charge in [0.1, 0.15) is 4.90 Å². The van der Waals surface area contributed by atoms with E-state index in [9.17, 15) is 8.42 Å². The van der Waals surface area contributed by atoms with Crippen LogP contribution in [-0.2, 0) is 15.4 Å². The summed E-state index contributed by atoms with van der Waals surface area (Å²) in [6, 6.07) is 7.19. The molecule has 1 aliphatic carbocycles. The quantitative estimate of drug-likeness (QED) is 0.697. The largest absolute Gasteiger partial charge is 0.367 e. The van der Waals surface area contributed by atoms with E-state index in [-0.39, 0.29) is 16.9 Å². The van der Waals surface area contributed by atoms with Gasteiger partial charge in [-0.1, -0.05) is 37.5 Å². The minimum absolute atomic E-state index is 0.166. The van der Waals surface area contributed by atoms with Gasteiger partial charge in [0.05, 0.1) is 4.99 Å². The van der Waals surface area contributed by atoms with Crippen molar-refractivity contribution in [2.24, 2.45) is 0 Å². The zero-order valence-corrected chi connectivity index (χ0v) is 17.7. The molecule has 1 fully saturated rings. The van der Waals surface area contributed by atoms with E-state index in [1.807, 2.05) is 24.2 Å². The first-order chi connectivity index (χ1) is 13.5. The lowest BCUT2D eigenvalue weighted by molar-refractivity contribution is 0.347. The van der Waals surface area contributed by atoms with Crippen LogP contribution < -0.4 is 4.72 Å². The molecule has 6 nitrogen and oxygen atoms in total. The first-order valence-corrected chi connectivity index (χ1v) is 11.4. The van der Waals surface area contributed by atoms with Crippen molar-refractivity contribution in [2.45, 2.75) is 42.4 Å². The smallest absolute Gasteiger partial charge is 0.242 e. The molecule has 0 radical (unpaired) electrons. The average Bonchev–Trinajstić information content (AvgIpc) is 2.74. The van der Waals surface area contributed by atoms with Gasteiger partial charge in [-0.15, -0.1) is 0 Å². The van der Waals surface area contributed by atoms with Crippen LogP contribution in [0.3, 0.4) is 0 Å². The molecule has 0 aromatic carbocycles. The SMILES string of the molecule is CN(CCNS(=O)(=O)c1cccnc1)C(=S)C1(c2cccnc2)CCCCC1. The number of pyridine rings is 2. The fraction of sp³-hybridized carbons (Fsp3) is 0.450. The van der Waals surface area contributed by atoms with Crippen LogP contribution in [0.25, 0.3) is 0 Å². The van der Waals surface area contributed by atoms with Gasteiger partial charge < -0.3 is 4.90 Å². The minimum atomic E-state index is -3.57. The monoisotopic (exact) mass is 418 g/mol. The fourth-order valence-electron chi connectivity index (χ4n) is 3.83. The maximum absolute atomic E-state index is 12.4. The Morgan fingerprint density at radius 3 is 2.43 bits per heavy atom. The van der Waals surface area contributed by atoms with E-state index in [1.54, 1.807) is 18.5 Å². The first-order valence-electron chi connectivity index (χ1n) is 9.51. The lowest BCUT2D eigenvalue weighted by Crippen LogP contribution is -2.47. The Labute approximate surface area is 172 Å². The molecule has 2 heterocycles. The third-order valence-corrected chi connectivity index (χ3v) is 7.51.